The number of likely N-dealkylation sites (N-methyl/N-ethyl adjacent to an activating group) is 1. The normalized spacial score (nSPS) is 20.8. The Morgan fingerprint density at radius 1 is 1.53 bits per heavy atom. The van der Waals surface area contributed by atoms with Gasteiger partial charge in [0.1, 0.15) is 5.78 Å². The first kappa shape index (κ1) is 12.8. The fraction of sp³-hybridized carbons (Fsp3) is 0.500. The molecule has 1 aromatic carbocycles. The number of halogens is 1. The molecule has 1 aliphatic heterocycles. The summed E-state index contributed by atoms with van der Waals surface area (Å²) in [6, 6.07) is 6.35. The Bertz CT molecular complexity index is 430. The van der Waals surface area contributed by atoms with E-state index in [1.54, 1.807) is 6.92 Å². The smallest absolute Gasteiger partial charge is 0.134 e. The Morgan fingerprint density at radius 2 is 2.29 bits per heavy atom. The van der Waals surface area contributed by atoms with Crippen LogP contribution in [0.15, 0.2) is 22.7 Å². The zero-order chi connectivity index (χ0) is 12.4. The summed E-state index contributed by atoms with van der Waals surface area (Å²) in [7, 11) is 2.16. The van der Waals surface area contributed by atoms with Gasteiger partial charge in [-0.1, -0.05) is 28.1 Å². The molecule has 1 aromatic rings. The molecule has 1 aliphatic rings. The molecule has 2 nitrogen and oxygen atoms in total. The fourth-order valence-corrected chi connectivity index (χ4v) is 3.24. The van der Waals surface area contributed by atoms with E-state index in [0.717, 1.165) is 16.6 Å². The molecule has 1 unspecified atom stereocenters. The highest BCUT2D eigenvalue weighted by Gasteiger charge is 2.22. The number of hydrogen-bond donors (Lipinski definition) is 0. The summed E-state index contributed by atoms with van der Waals surface area (Å²) < 4.78 is 1.15. The van der Waals surface area contributed by atoms with Gasteiger partial charge in [-0.3, -0.25) is 4.79 Å². The van der Waals surface area contributed by atoms with Crippen LogP contribution in [-0.2, 0) is 11.2 Å². The Hall–Kier alpha value is -0.670. The third-order valence-electron chi connectivity index (χ3n) is 3.35. The van der Waals surface area contributed by atoms with Crippen molar-refractivity contribution in [2.45, 2.75) is 25.7 Å². The molecule has 0 bridgehead atoms. The number of carbonyl (C=O) groups is 1. The lowest BCUT2D eigenvalue weighted by atomic mass is 9.96. The van der Waals surface area contributed by atoms with E-state index < -0.39 is 0 Å². The molecule has 1 saturated heterocycles. The molecular formula is C14H18BrNO. The molecule has 92 valence electrons. The Morgan fingerprint density at radius 3 is 2.82 bits per heavy atom. The lowest BCUT2D eigenvalue weighted by Gasteiger charge is -2.13. The fourth-order valence-electron chi connectivity index (χ4n) is 2.49. The summed E-state index contributed by atoms with van der Waals surface area (Å²) in [6.07, 6.45) is 1.75. The second-order valence-corrected chi connectivity index (χ2v) is 5.84. The minimum absolute atomic E-state index is 0.213. The van der Waals surface area contributed by atoms with Gasteiger partial charge in [0.05, 0.1) is 0 Å². The highest BCUT2D eigenvalue weighted by atomic mass is 79.9. The second kappa shape index (κ2) is 5.32. The number of likely N-dealkylation sites (tertiary alicyclic amines) is 1. The quantitative estimate of drug-likeness (QED) is 0.854. The van der Waals surface area contributed by atoms with Crippen molar-refractivity contribution >= 4 is 21.7 Å². The first-order valence-corrected chi connectivity index (χ1v) is 6.82. The van der Waals surface area contributed by atoms with E-state index in [2.05, 4.69) is 46.1 Å². The maximum atomic E-state index is 11.1. The van der Waals surface area contributed by atoms with Gasteiger partial charge in [0.2, 0.25) is 0 Å². The van der Waals surface area contributed by atoms with Crippen LogP contribution in [0.1, 0.15) is 30.4 Å². The van der Waals surface area contributed by atoms with Gasteiger partial charge in [-0.2, -0.15) is 0 Å². The Kier molecular flexibility index (Phi) is 4.00. The first-order valence-electron chi connectivity index (χ1n) is 6.02. The number of Topliss-reactive ketones (excluding diaryl/α,β-unsaturated/α-hetero) is 1. The van der Waals surface area contributed by atoms with Crippen LogP contribution in [0, 0.1) is 0 Å². The number of ketones is 1. The highest BCUT2D eigenvalue weighted by molar-refractivity contribution is 9.10. The van der Waals surface area contributed by atoms with Crippen molar-refractivity contribution in [2.24, 2.45) is 0 Å². The molecule has 3 heteroatoms. The van der Waals surface area contributed by atoms with Crippen LogP contribution in [0.3, 0.4) is 0 Å². The van der Waals surface area contributed by atoms with Crippen LogP contribution in [0.4, 0.5) is 0 Å². The summed E-state index contributed by atoms with van der Waals surface area (Å²) in [5.74, 6) is 0.839. The molecule has 1 atom stereocenters. The summed E-state index contributed by atoms with van der Waals surface area (Å²) in [4.78, 5) is 13.4. The second-order valence-electron chi connectivity index (χ2n) is 4.98. The molecule has 0 aliphatic carbocycles. The summed E-state index contributed by atoms with van der Waals surface area (Å²) in [6.45, 7) is 3.94. The maximum absolute atomic E-state index is 11.1. The average molecular weight is 296 g/mol. The molecule has 17 heavy (non-hydrogen) atoms. The number of carbonyl (C=O) groups excluding carboxylic acids is 1. The van der Waals surface area contributed by atoms with Crippen LogP contribution in [0.2, 0.25) is 0 Å². The predicted octanol–water partition coefficient (Wildman–Crippen LogP) is 3.00. The lowest BCUT2D eigenvalue weighted by Crippen LogP contribution is -2.13. The molecule has 0 spiro atoms. The summed E-state index contributed by atoms with van der Waals surface area (Å²) in [5.41, 5.74) is 2.47. The summed E-state index contributed by atoms with van der Waals surface area (Å²) >= 11 is 3.64. The van der Waals surface area contributed by atoms with Crippen molar-refractivity contribution in [2.75, 3.05) is 20.1 Å². The van der Waals surface area contributed by atoms with E-state index in [4.69, 9.17) is 0 Å². The van der Waals surface area contributed by atoms with Crippen LogP contribution in [0.5, 0.6) is 0 Å². The van der Waals surface area contributed by atoms with Crippen LogP contribution < -0.4 is 0 Å². The number of hydrogen-bond acceptors (Lipinski definition) is 2. The molecule has 2 rings (SSSR count). The minimum Gasteiger partial charge on any atom is -0.306 e. The Balaban J connectivity index is 2.17. The van der Waals surface area contributed by atoms with E-state index in [0.29, 0.717) is 12.3 Å². The van der Waals surface area contributed by atoms with E-state index in [9.17, 15) is 4.79 Å². The van der Waals surface area contributed by atoms with Gasteiger partial charge in [0, 0.05) is 17.4 Å². The average Bonchev–Trinajstić information content (AvgIpc) is 2.64. The van der Waals surface area contributed by atoms with Crippen molar-refractivity contribution in [3.8, 4) is 0 Å². The molecule has 0 aromatic heterocycles. The van der Waals surface area contributed by atoms with Crippen LogP contribution >= 0.6 is 15.9 Å². The molecule has 1 fully saturated rings. The highest BCUT2D eigenvalue weighted by Crippen LogP contribution is 2.32. The van der Waals surface area contributed by atoms with Gasteiger partial charge in [-0.15, -0.1) is 0 Å². The predicted molar refractivity (Wildman–Crippen MR) is 73.4 cm³/mol. The van der Waals surface area contributed by atoms with E-state index in [1.165, 1.54) is 18.5 Å². The summed E-state index contributed by atoms with van der Waals surface area (Å²) in [5, 5.41) is 0. The molecule has 0 radical (unpaired) electrons. The lowest BCUT2D eigenvalue weighted by molar-refractivity contribution is -0.116. The molecule has 0 N–H and O–H groups in total. The third kappa shape index (κ3) is 3.17. The number of nitrogens with zero attached hydrogens (tertiary/aromatic N) is 1. The topological polar surface area (TPSA) is 20.3 Å². The minimum atomic E-state index is 0.213. The zero-order valence-electron chi connectivity index (χ0n) is 10.4. The largest absolute Gasteiger partial charge is 0.306 e. The standard InChI is InChI=1S/C14H18BrNO/c1-10(17)7-11-3-4-13(14(15)8-11)12-5-6-16(2)9-12/h3-4,8,12H,5-7,9H2,1-2H3. The maximum Gasteiger partial charge on any atom is 0.134 e. The van der Waals surface area contributed by atoms with E-state index in [1.807, 2.05) is 0 Å². The molecule has 0 saturated carbocycles. The van der Waals surface area contributed by atoms with E-state index in [-0.39, 0.29) is 5.78 Å². The van der Waals surface area contributed by atoms with Crippen LogP contribution in [0.25, 0.3) is 0 Å². The first-order chi connectivity index (χ1) is 8.06. The van der Waals surface area contributed by atoms with Gasteiger partial charge in [0.15, 0.2) is 0 Å². The van der Waals surface area contributed by atoms with Gasteiger partial charge < -0.3 is 4.90 Å². The van der Waals surface area contributed by atoms with E-state index >= 15 is 0 Å². The SMILES string of the molecule is CC(=O)Cc1ccc(C2CCN(C)C2)c(Br)c1. The van der Waals surface area contributed by atoms with Crippen LogP contribution in [-0.4, -0.2) is 30.8 Å². The number of rotatable bonds is 3. The molecule has 0 amide bonds. The van der Waals surface area contributed by atoms with Crippen molar-refractivity contribution in [3.05, 3.63) is 33.8 Å². The van der Waals surface area contributed by atoms with Crippen molar-refractivity contribution in [1.82, 2.24) is 4.90 Å². The Labute approximate surface area is 111 Å². The van der Waals surface area contributed by atoms with Gasteiger partial charge >= 0.3 is 0 Å². The third-order valence-corrected chi connectivity index (χ3v) is 4.04. The molecular weight excluding hydrogens is 278 g/mol. The van der Waals surface area contributed by atoms with Gasteiger partial charge in [-0.25, -0.2) is 0 Å². The monoisotopic (exact) mass is 295 g/mol. The van der Waals surface area contributed by atoms with Crippen molar-refractivity contribution in [1.29, 1.82) is 0 Å². The van der Waals surface area contributed by atoms with Crippen molar-refractivity contribution in [3.63, 3.8) is 0 Å². The van der Waals surface area contributed by atoms with Gasteiger partial charge in [0.25, 0.3) is 0 Å². The number of benzene rings is 1. The molecule has 1 heterocycles. The van der Waals surface area contributed by atoms with Crippen molar-refractivity contribution < 1.29 is 4.79 Å². The zero-order valence-corrected chi connectivity index (χ0v) is 12.0. The van der Waals surface area contributed by atoms with Gasteiger partial charge in [-0.05, 0) is 50.0 Å².